The van der Waals surface area contributed by atoms with Gasteiger partial charge in [0, 0.05) is 23.3 Å². The van der Waals surface area contributed by atoms with Crippen LogP contribution in [0, 0.1) is 18.8 Å². The van der Waals surface area contributed by atoms with E-state index in [-0.39, 0.29) is 18.0 Å². The lowest BCUT2D eigenvalue weighted by Gasteiger charge is -2.28. The number of anilines is 2. The second kappa shape index (κ2) is 11.3. The molecule has 0 bridgehead atoms. The average Bonchev–Trinajstić information content (AvgIpc) is 2.76. The molecule has 0 saturated heterocycles. The Hall–Kier alpha value is -3.34. The molecule has 2 unspecified atom stereocenters. The highest BCUT2D eigenvalue weighted by Gasteiger charge is 2.22. The van der Waals surface area contributed by atoms with E-state index in [1.165, 1.54) is 0 Å². The molecule has 3 N–H and O–H groups in total. The van der Waals surface area contributed by atoms with Crippen LogP contribution < -0.4 is 16.0 Å². The quantitative estimate of drug-likeness (QED) is 0.491. The van der Waals surface area contributed by atoms with Crippen LogP contribution in [-0.4, -0.2) is 18.0 Å². The van der Waals surface area contributed by atoms with Gasteiger partial charge in [0.05, 0.1) is 6.42 Å². The van der Waals surface area contributed by atoms with Gasteiger partial charge in [0.2, 0.25) is 5.91 Å². The van der Waals surface area contributed by atoms with Gasteiger partial charge in [-0.1, -0.05) is 68.5 Å². The van der Waals surface area contributed by atoms with Crippen LogP contribution in [0.3, 0.4) is 0 Å². The van der Waals surface area contributed by atoms with Crippen molar-refractivity contribution in [2.75, 3.05) is 10.6 Å². The van der Waals surface area contributed by atoms with Gasteiger partial charge in [0.1, 0.15) is 0 Å². The molecule has 0 radical (unpaired) electrons. The van der Waals surface area contributed by atoms with Crippen LogP contribution in [0.2, 0.25) is 0 Å². The minimum atomic E-state index is -0.295. The maximum Gasteiger partial charge on any atom is 0.323 e. The third-order valence-electron chi connectivity index (χ3n) is 5.57. The number of benzene rings is 2. The van der Waals surface area contributed by atoms with Crippen molar-refractivity contribution in [3.8, 4) is 0 Å². The van der Waals surface area contributed by atoms with Gasteiger partial charge in [-0.25, -0.2) is 4.79 Å². The lowest BCUT2D eigenvalue weighted by atomic mass is 9.87. The molecular weight excluding hydrogens is 398 g/mol. The van der Waals surface area contributed by atoms with Crippen LogP contribution in [0.25, 0.3) is 0 Å². The SMILES string of the molecule is Cc1ccccc1NC(=O)Nc1ccc(CC(=O)NC(CC(C)C)C2C=CC=CC2)cc1. The largest absolute Gasteiger partial charge is 0.352 e. The van der Waals surface area contributed by atoms with Gasteiger partial charge in [-0.05, 0) is 55.0 Å². The summed E-state index contributed by atoms with van der Waals surface area (Å²) >= 11 is 0. The number of hydrogen-bond acceptors (Lipinski definition) is 2. The van der Waals surface area contributed by atoms with E-state index >= 15 is 0 Å². The molecule has 0 fully saturated rings. The fourth-order valence-corrected chi connectivity index (χ4v) is 3.89. The molecule has 1 aliphatic rings. The predicted octanol–water partition coefficient (Wildman–Crippen LogP) is 5.84. The summed E-state index contributed by atoms with van der Waals surface area (Å²) in [6, 6.07) is 14.9. The van der Waals surface area contributed by atoms with E-state index in [4.69, 9.17) is 0 Å². The molecule has 2 aromatic carbocycles. The molecule has 0 heterocycles. The van der Waals surface area contributed by atoms with Crippen LogP contribution >= 0.6 is 0 Å². The minimum absolute atomic E-state index is 0.0246. The number of hydrogen-bond donors (Lipinski definition) is 3. The van der Waals surface area contributed by atoms with Crippen LogP contribution in [-0.2, 0) is 11.2 Å². The van der Waals surface area contributed by atoms with Gasteiger partial charge in [0.25, 0.3) is 0 Å². The van der Waals surface area contributed by atoms with Crippen molar-refractivity contribution in [2.45, 2.75) is 46.1 Å². The zero-order chi connectivity index (χ0) is 22.9. The van der Waals surface area contributed by atoms with E-state index in [9.17, 15) is 9.59 Å². The summed E-state index contributed by atoms with van der Waals surface area (Å²) in [5.74, 6) is 0.872. The third kappa shape index (κ3) is 7.12. The number of carbonyl (C=O) groups excluding carboxylic acids is 2. The summed E-state index contributed by atoms with van der Waals surface area (Å²) in [6.45, 7) is 6.31. The molecule has 3 amide bonds. The van der Waals surface area contributed by atoms with E-state index < -0.39 is 0 Å². The summed E-state index contributed by atoms with van der Waals surface area (Å²) in [4.78, 5) is 25.0. The Morgan fingerprint density at radius 3 is 2.41 bits per heavy atom. The van der Waals surface area contributed by atoms with Crippen molar-refractivity contribution in [3.05, 3.63) is 84.0 Å². The highest BCUT2D eigenvalue weighted by Crippen LogP contribution is 2.22. The summed E-state index contributed by atoms with van der Waals surface area (Å²) in [6.07, 6.45) is 10.7. The summed E-state index contributed by atoms with van der Waals surface area (Å²) in [5.41, 5.74) is 3.36. The Morgan fingerprint density at radius 2 is 1.75 bits per heavy atom. The molecule has 168 valence electrons. The predicted molar refractivity (Wildman–Crippen MR) is 132 cm³/mol. The molecule has 0 aliphatic heterocycles. The fraction of sp³-hybridized carbons (Fsp3) is 0.333. The first-order chi connectivity index (χ1) is 15.4. The van der Waals surface area contributed by atoms with Crippen molar-refractivity contribution < 1.29 is 9.59 Å². The van der Waals surface area contributed by atoms with E-state index in [1.807, 2.05) is 55.5 Å². The molecule has 32 heavy (non-hydrogen) atoms. The van der Waals surface area contributed by atoms with Crippen molar-refractivity contribution >= 4 is 23.3 Å². The van der Waals surface area contributed by atoms with Gasteiger partial charge >= 0.3 is 6.03 Å². The van der Waals surface area contributed by atoms with Gasteiger partial charge < -0.3 is 16.0 Å². The van der Waals surface area contributed by atoms with Crippen molar-refractivity contribution in [3.63, 3.8) is 0 Å². The van der Waals surface area contributed by atoms with Crippen molar-refractivity contribution in [1.29, 1.82) is 0 Å². The second-order valence-electron chi connectivity index (χ2n) is 8.78. The van der Waals surface area contributed by atoms with E-state index in [0.717, 1.165) is 29.7 Å². The maximum atomic E-state index is 12.7. The molecule has 1 aliphatic carbocycles. The first-order valence-corrected chi connectivity index (χ1v) is 11.3. The highest BCUT2D eigenvalue weighted by molar-refractivity contribution is 6.00. The average molecular weight is 432 g/mol. The zero-order valence-corrected chi connectivity index (χ0v) is 19.1. The number of amides is 3. The van der Waals surface area contributed by atoms with Gasteiger partial charge in [-0.15, -0.1) is 0 Å². The maximum absolute atomic E-state index is 12.7. The molecule has 3 rings (SSSR count). The third-order valence-corrected chi connectivity index (χ3v) is 5.57. The number of urea groups is 1. The molecule has 2 aromatic rings. The number of rotatable bonds is 8. The monoisotopic (exact) mass is 431 g/mol. The van der Waals surface area contributed by atoms with Crippen molar-refractivity contribution in [1.82, 2.24) is 5.32 Å². The number of carbonyl (C=O) groups is 2. The Balaban J connectivity index is 1.53. The standard InChI is InChI=1S/C27H33N3O2/c1-19(2)17-25(22-10-5-4-6-11-22)29-26(31)18-21-13-15-23(16-14-21)28-27(32)30-24-12-8-7-9-20(24)3/h4-10,12-16,19,22,25H,11,17-18H2,1-3H3,(H,29,31)(H2,28,30,32). The molecule has 0 saturated carbocycles. The van der Waals surface area contributed by atoms with Crippen molar-refractivity contribution in [2.24, 2.45) is 11.8 Å². The number of para-hydroxylation sites is 1. The first-order valence-electron chi connectivity index (χ1n) is 11.3. The number of aryl methyl sites for hydroxylation is 1. The van der Waals surface area contributed by atoms with Crippen LogP contribution in [0.4, 0.5) is 16.2 Å². The molecule has 0 spiro atoms. The van der Waals surface area contributed by atoms with E-state index in [0.29, 0.717) is 23.9 Å². The van der Waals surface area contributed by atoms with Gasteiger partial charge in [-0.2, -0.15) is 0 Å². The van der Waals surface area contributed by atoms with Crippen LogP contribution in [0.1, 0.15) is 37.8 Å². The molecule has 5 nitrogen and oxygen atoms in total. The Bertz CT molecular complexity index is 977. The topological polar surface area (TPSA) is 70.2 Å². The van der Waals surface area contributed by atoms with E-state index in [1.54, 1.807) is 0 Å². The molecular formula is C27H33N3O2. The summed E-state index contributed by atoms with van der Waals surface area (Å²) in [7, 11) is 0. The summed E-state index contributed by atoms with van der Waals surface area (Å²) in [5, 5.41) is 8.92. The Kier molecular flexibility index (Phi) is 8.26. The minimum Gasteiger partial charge on any atom is -0.352 e. The zero-order valence-electron chi connectivity index (χ0n) is 19.1. The summed E-state index contributed by atoms with van der Waals surface area (Å²) < 4.78 is 0. The van der Waals surface area contributed by atoms with Crippen LogP contribution in [0.5, 0.6) is 0 Å². The number of allylic oxidation sites excluding steroid dienone is 3. The number of nitrogens with one attached hydrogen (secondary N) is 3. The lowest BCUT2D eigenvalue weighted by Crippen LogP contribution is -2.41. The molecule has 2 atom stereocenters. The van der Waals surface area contributed by atoms with Gasteiger partial charge in [-0.3, -0.25) is 4.79 Å². The Morgan fingerprint density at radius 1 is 1.00 bits per heavy atom. The fourth-order valence-electron chi connectivity index (χ4n) is 3.89. The smallest absolute Gasteiger partial charge is 0.323 e. The second-order valence-corrected chi connectivity index (χ2v) is 8.78. The Labute approximate surface area is 191 Å². The van der Waals surface area contributed by atoms with Gasteiger partial charge in [0.15, 0.2) is 0 Å². The molecule has 0 aromatic heterocycles. The highest BCUT2D eigenvalue weighted by atomic mass is 16.2. The molecule has 5 heteroatoms. The first kappa shape index (κ1) is 23.3. The van der Waals surface area contributed by atoms with E-state index in [2.05, 4.69) is 54.1 Å². The lowest BCUT2D eigenvalue weighted by molar-refractivity contribution is -0.121. The normalized spacial score (nSPS) is 15.9. The van der Waals surface area contributed by atoms with Crippen LogP contribution in [0.15, 0.2) is 72.8 Å².